The van der Waals surface area contributed by atoms with Gasteiger partial charge < -0.3 is 9.64 Å². The number of hydrogen-bond donors (Lipinski definition) is 0. The smallest absolute Gasteiger partial charge is 0.254 e. The standard InChI is InChI=1S/C17H19N3O4S/c1-24-15-5-2-4-14(12-15)17(21)19-8-10-20(11-9-19)25(22,23)16-6-3-7-18-13-16/h2-7,12-13H,8-11H2,1H3. The highest BCUT2D eigenvalue weighted by molar-refractivity contribution is 7.89. The van der Waals surface area contributed by atoms with Gasteiger partial charge in [-0.1, -0.05) is 6.07 Å². The molecule has 1 amide bonds. The van der Waals surface area contributed by atoms with Crippen LogP contribution in [0.5, 0.6) is 5.75 Å². The fraction of sp³-hybridized carbons (Fsp3) is 0.294. The highest BCUT2D eigenvalue weighted by atomic mass is 32.2. The van der Waals surface area contributed by atoms with Gasteiger partial charge in [-0.3, -0.25) is 9.78 Å². The van der Waals surface area contributed by atoms with Gasteiger partial charge in [0, 0.05) is 44.1 Å². The van der Waals surface area contributed by atoms with Crippen LogP contribution >= 0.6 is 0 Å². The summed E-state index contributed by atoms with van der Waals surface area (Å²) in [6, 6.07) is 10.1. The molecule has 7 nitrogen and oxygen atoms in total. The molecule has 1 fully saturated rings. The van der Waals surface area contributed by atoms with Gasteiger partial charge in [-0.05, 0) is 30.3 Å². The molecule has 1 aliphatic rings. The van der Waals surface area contributed by atoms with E-state index in [-0.39, 0.29) is 23.9 Å². The lowest BCUT2D eigenvalue weighted by atomic mass is 10.1. The monoisotopic (exact) mass is 361 g/mol. The summed E-state index contributed by atoms with van der Waals surface area (Å²) >= 11 is 0. The van der Waals surface area contributed by atoms with Crippen molar-refractivity contribution >= 4 is 15.9 Å². The zero-order chi connectivity index (χ0) is 17.9. The van der Waals surface area contributed by atoms with Crippen molar-refractivity contribution in [2.24, 2.45) is 0 Å². The van der Waals surface area contributed by atoms with E-state index in [4.69, 9.17) is 4.74 Å². The Morgan fingerprint density at radius 3 is 2.52 bits per heavy atom. The summed E-state index contributed by atoms with van der Waals surface area (Å²) in [6.45, 7) is 1.20. The van der Waals surface area contributed by atoms with Gasteiger partial charge in [0.05, 0.1) is 7.11 Å². The Hall–Kier alpha value is -2.45. The van der Waals surface area contributed by atoms with Gasteiger partial charge in [0.15, 0.2) is 0 Å². The number of aromatic nitrogens is 1. The Kier molecular flexibility index (Phi) is 5.00. The molecule has 0 bridgehead atoms. The van der Waals surface area contributed by atoms with Gasteiger partial charge in [0.1, 0.15) is 10.6 Å². The second kappa shape index (κ2) is 7.20. The molecule has 0 spiro atoms. The summed E-state index contributed by atoms with van der Waals surface area (Å²) in [5.74, 6) is 0.487. The Morgan fingerprint density at radius 1 is 1.12 bits per heavy atom. The van der Waals surface area contributed by atoms with Crippen LogP contribution in [0.15, 0.2) is 53.7 Å². The third-order valence-corrected chi connectivity index (χ3v) is 6.00. The van der Waals surface area contributed by atoms with Crippen LogP contribution in [0.3, 0.4) is 0 Å². The van der Waals surface area contributed by atoms with Crippen molar-refractivity contribution in [3.63, 3.8) is 0 Å². The molecule has 8 heteroatoms. The number of rotatable bonds is 4. The van der Waals surface area contributed by atoms with Crippen LogP contribution in [0.2, 0.25) is 0 Å². The van der Waals surface area contributed by atoms with Crippen LogP contribution < -0.4 is 4.74 Å². The summed E-state index contributed by atoms with van der Waals surface area (Å²) in [4.78, 5) is 18.3. The van der Waals surface area contributed by atoms with Gasteiger partial charge in [0.2, 0.25) is 10.0 Å². The Labute approximate surface area is 146 Å². The molecule has 0 unspecified atom stereocenters. The molecule has 0 saturated carbocycles. The number of sulfonamides is 1. The Balaban J connectivity index is 1.68. The summed E-state index contributed by atoms with van der Waals surface area (Å²) < 4.78 is 31.7. The molecule has 1 aromatic heterocycles. The average Bonchev–Trinajstić information content (AvgIpc) is 2.68. The number of benzene rings is 1. The topological polar surface area (TPSA) is 79.8 Å². The van der Waals surface area contributed by atoms with Gasteiger partial charge in [-0.2, -0.15) is 4.31 Å². The highest BCUT2D eigenvalue weighted by Crippen LogP contribution is 2.19. The minimum Gasteiger partial charge on any atom is -0.497 e. The normalized spacial score (nSPS) is 15.8. The summed E-state index contributed by atoms with van der Waals surface area (Å²) in [5, 5.41) is 0. The van der Waals surface area contributed by atoms with Gasteiger partial charge in [-0.15, -0.1) is 0 Å². The molecule has 2 heterocycles. The maximum absolute atomic E-state index is 12.6. The lowest BCUT2D eigenvalue weighted by Gasteiger charge is -2.34. The molecule has 1 saturated heterocycles. The first-order chi connectivity index (χ1) is 12.0. The lowest BCUT2D eigenvalue weighted by Crippen LogP contribution is -2.50. The number of nitrogens with zero attached hydrogens (tertiary/aromatic N) is 3. The zero-order valence-corrected chi connectivity index (χ0v) is 14.6. The van der Waals surface area contributed by atoms with E-state index in [1.807, 2.05) is 0 Å². The molecule has 1 aromatic carbocycles. The number of methoxy groups -OCH3 is 1. The first kappa shape index (κ1) is 17.4. The van der Waals surface area contributed by atoms with Crippen molar-refractivity contribution in [3.05, 3.63) is 54.4 Å². The predicted octanol–water partition coefficient (Wildman–Crippen LogP) is 1.24. The lowest BCUT2D eigenvalue weighted by molar-refractivity contribution is 0.0697. The van der Waals surface area contributed by atoms with Crippen molar-refractivity contribution in [2.75, 3.05) is 33.3 Å². The van der Waals surface area contributed by atoms with E-state index < -0.39 is 10.0 Å². The maximum atomic E-state index is 12.6. The Bertz CT molecular complexity index is 847. The van der Waals surface area contributed by atoms with E-state index in [1.54, 1.807) is 42.3 Å². The molecule has 0 N–H and O–H groups in total. The Morgan fingerprint density at radius 2 is 1.88 bits per heavy atom. The number of ether oxygens (including phenoxy) is 1. The van der Waals surface area contributed by atoms with Crippen LogP contribution in [0, 0.1) is 0 Å². The molecule has 25 heavy (non-hydrogen) atoms. The van der Waals surface area contributed by atoms with E-state index in [0.29, 0.717) is 24.4 Å². The number of carbonyl (C=O) groups is 1. The molecule has 0 atom stereocenters. The second-order valence-electron chi connectivity index (χ2n) is 5.62. The van der Waals surface area contributed by atoms with Gasteiger partial charge >= 0.3 is 0 Å². The fourth-order valence-corrected chi connectivity index (χ4v) is 4.11. The summed E-state index contributed by atoms with van der Waals surface area (Å²) in [6.07, 6.45) is 2.87. The van der Waals surface area contributed by atoms with Crippen LogP contribution in [-0.2, 0) is 10.0 Å². The zero-order valence-electron chi connectivity index (χ0n) is 13.8. The highest BCUT2D eigenvalue weighted by Gasteiger charge is 2.30. The van der Waals surface area contributed by atoms with Gasteiger partial charge in [0.25, 0.3) is 5.91 Å². The van der Waals surface area contributed by atoms with Crippen molar-refractivity contribution in [2.45, 2.75) is 4.90 Å². The molecule has 2 aromatic rings. The molecule has 3 rings (SSSR count). The number of hydrogen-bond acceptors (Lipinski definition) is 5. The van der Waals surface area contributed by atoms with Crippen LogP contribution in [-0.4, -0.2) is 61.8 Å². The van der Waals surface area contributed by atoms with E-state index >= 15 is 0 Å². The maximum Gasteiger partial charge on any atom is 0.254 e. The first-order valence-electron chi connectivity index (χ1n) is 7.86. The minimum absolute atomic E-state index is 0.127. The average molecular weight is 361 g/mol. The third kappa shape index (κ3) is 3.64. The molecule has 132 valence electrons. The van der Waals surface area contributed by atoms with E-state index in [1.165, 1.54) is 22.8 Å². The van der Waals surface area contributed by atoms with E-state index in [2.05, 4.69) is 4.98 Å². The molecule has 0 aliphatic carbocycles. The minimum atomic E-state index is -3.57. The predicted molar refractivity (Wildman–Crippen MR) is 91.9 cm³/mol. The van der Waals surface area contributed by atoms with E-state index in [0.717, 1.165) is 0 Å². The van der Waals surface area contributed by atoms with Crippen LogP contribution in [0.1, 0.15) is 10.4 Å². The van der Waals surface area contributed by atoms with E-state index in [9.17, 15) is 13.2 Å². The largest absolute Gasteiger partial charge is 0.497 e. The van der Waals surface area contributed by atoms with Crippen molar-refractivity contribution in [1.82, 2.24) is 14.2 Å². The summed E-state index contributed by atoms with van der Waals surface area (Å²) in [5.41, 5.74) is 0.530. The van der Waals surface area contributed by atoms with Crippen LogP contribution in [0.4, 0.5) is 0 Å². The van der Waals surface area contributed by atoms with Gasteiger partial charge in [-0.25, -0.2) is 8.42 Å². The fourth-order valence-electron chi connectivity index (χ4n) is 2.72. The third-order valence-electron chi connectivity index (χ3n) is 4.11. The SMILES string of the molecule is COc1cccc(C(=O)N2CCN(S(=O)(=O)c3cccnc3)CC2)c1. The van der Waals surface area contributed by atoms with Crippen LogP contribution in [0.25, 0.3) is 0 Å². The number of pyridine rings is 1. The molecular formula is C17H19N3O4S. The van der Waals surface area contributed by atoms with Crippen molar-refractivity contribution < 1.29 is 17.9 Å². The number of piperazine rings is 1. The second-order valence-corrected chi connectivity index (χ2v) is 7.55. The quantitative estimate of drug-likeness (QED) is 0.818. The first-order valence-corrected chi connectivity index (χ1v) is 9.30. The molecule has 0 radical (unpaired) electrons. The number of carbonyl (C=O) groups excluding carboxylic acids is 1. The van der Waals surface area contributed by atoms with Crippen molar-refractivity contribution in [1.29, 1.82) is 0 Å². The molecular weight excluding hydrogens is 342 g/mol. The number of amides is 1. The van der Waals surface area contributed by atoms with Crippen molar-refractivity contribution in [3.8, 4) is 5.75 Å². The molecule has 1 aliphatic heterocycles. The summed E-state index contributed by atoms with van der Waals surface area (Å²) in [7, 11) is -2.03.